The molecule has 0 atom stereocenters. The van der Waals surface area contributed by atoms with E-state index < -0.39 is 0 Å². The second-order valence-corrected chi connectivity index (χ2v) is 8.62. The predicted molar refractivity (Wildman–Crippen MR) is 126 cm³/mol. The van der Waals surface area contributed by atoms with Crippen LogP contribution in [-0.2, 0) is 6.54 Å². The van der Waals surface area contributed by atoms with Crippen molar-refractivity contribution in [2.45, 2.75) is 45.2 Å². The summed E-state index contributed by atoms with van der Waals surface area (Å²) in [5.74, 6) is 1.75. The first kappa shape index (κ1) is 20.4. The summed E-state index contributed by atoms with van der Waals surface area (Å²) in [6.45, 7) is 6.59. The fourth-order valence-electron chi connectivity index (χ4n) is 4.15. The van der Waals surface area contributed by atoms with E-state index in [-0.39, 0.29) is 12.0 Å². The molecule has 4 heterocycles. The molecule has 1 saturated heterocycles. The van der Waals surface area contributed by atoms with Gasteiger partial charge in [0.05, 0.1) is 11.4 Å². The van der Waals surface area contributed by atoms with Crippen LogP contribution in [0.1, 0.15) is 43.9 Å². The summed E-state index contributed by atoms with van der Waals surface area (Å²) in [5, 5.41) is 15.6. The third-order valence-corrected chi connectivity index (χ3v) is 5.99. The van der Waals surface area contributed by atoms with Crippen LogP contribution in [0.3, 0.4) is 0 Å². The first-order valence-electron chi connectivity index (χ1n) is 11.2. The number of benzene rings is 1. The number of fused-ring (bicyclic) bond motifs is 1. The fourth-order valence-corrected chi connectivity index (χ4v) is 4.15. The van der Waals surface area contributed by atoms with E-state index in [4.69, 9.17) is 15.7 Å². The molecule has 0 bridgehead atoms. The van der Waals surface area contributed by atoms with Crippen LogP contribution in [-0.4, -0.2) is 49.1 Å². The van der Waals surface area contributed by atoms with Gasteiger partial charge in [0.2, 0.25) is 5.95 Å². The van der Waals surface area contributed by atoms with Crippen LogP contribution in [0.25, 0.3) is 16.7 Å². The minimum atomic E-state index is 0.256. The summed E-state index contributed by atoms with van der Waals surface area (Å²) in [6.07, 6.45) is 5.63. The molecule has 1 aliphatic heterocycles. The van der Waals surface area contributed by atoms with E-state index in [1.54, 1.807) is 6.20 Å². The Bertz CT molecular complexity index is 1190. The van der Waals surface area contributed by atoms with E-state index in [1.165, 1.54) is 0 Å². The Morgan fingerprint density at radius 2 is 1.97 bits per heavy atom. The molecule has 32 heavy (non-hydrogen) atoms. The lowest BCUT2D eigenvalue weighted by atomic mass is 10.1. The Hall–Kier alpha value is -3.46. The summed E-state index contributed by atoms with van der Waals surface area (Å²) in [6, 6.07) is 10.4. The molecular formula is C23H29N9. The fraction of sp³-hybridized carbons (Fsp3) is 0.391. The topological polar surface area (TPSA) is 114 Å². The molecule has 1 aliphatic rings. The number of aromatic nitrogens is 6. The van der Waals surface area contributed by atoms with Crippen LogP contribution in [0.2, 0.25) is 0 Å². The van der Waals surface area contributed by atoms with Gasteiger partial charge in [0, 0.05) is 38.1 Å². The second kappa shape index (κ2) is 8.58. The lowest BCUT2D eigenvalue weighted by Gasteiger charge is -2.30. The Morgan fingerprint density at radius 3 is 2.72 bits per heavy atom. The number of para-hydroxylation sites is 1. The third-order valence-electron chi connectivity index (χ3n) is 5.99. The zero-order valence-electron chi connectivity index (χ0n) is 18.5. The second-order valence-electron chi connectivity index (χ2n) is 8.62. The number of nitrogens with two attached hydrogens (primary N) is 1. The van der Waals surface area contributed by atoms with Gasteiger partial charge in [-0.05, 0) is 36.5 Å². The summed E-state index contributed by atoms with van der Waals surface area (Å²) in [7, 11) is 0. The van der Waals surface area contributed by atoms with Crippen molar-refractivity contribution < 1.29 is 0 Å². The number of hydrogen-bond acceptors (Lipinski definition) is 7. The summed E-state index contributed by atoms with van der Waals surface area (Å²) < 4.78 is 1.88. The van der Waals surface area contributed by atoms with Gasteiger partial charge in [-0.15, -0.1) is 0 Å². The zero-order chi connectivity index (χ0) is 22.1. The van der Waals surface area contributed by atoms with Crippen molar-refractivity contribution in [3.8, 4) is 5.69 Å². The summed E-state index contributed by atoms with van der Waals surface area (Å²) in [5.41, 5.74) is 10.9. The van der Waals surface area contributed by atoms with E-state index in [9.17, 15) is 0 Å². The molecule has 0 saturated carbocycles. The monoisotopic (exact) mass is 431 g/mol. The van der Waals surface area contributed by atoms with Gasteiger partial charge in [0.25, 0.3) is 0 Å². The zero-order valence-corrected chi connectivity index (χ0v) is 18.5. The predicted octanol–water partition coefficient (Wildman–Crippen LogP) is 3.20. The molecular weight excluding hydrogens is 402 g/mol. The standard InChI is InChI=1S/C23H29N9/c1-15(2)19-20-21(30-29-19)22(28-23(27-20)31-12-8-17(24)9-13-31)25-14-16-6-3-4-7-18(16)32-11-5-10-26-32/h3-7,10-11,15,17H,8-9,12-14,24H2,1-2H3,(H,29,30)(H,25,27,28). The number of hydrogen-bond donors (Lipinski definition) is 3. The highest BCUT2D eigenvalue weighted by atomic mass is 15.3. The lowest BCUT2D eigenvalue weighted by molar-refractivity contribution is 0.496. The van der Waals surface area contributed by atoms with Gasteiger partial charge in [-0.3, -0.25) is 5.10 Å². The molecule has 166 valence electrons. The average Bonchev–Trinajstić information content (AvgIpc) is 3.48. The highest BCUT2D eigenvalue weighted by molar-refractivity contribution is 5.88. The SMILES string of the molecule is CC(C)c1n[nH]c2c(NCc3ccccc3-n3cccn3)nc(N3CCC(N)CC3)nc12. The number of aromatic amines is 1. The van der Waals surface area contributed by atoms with E-state index in [0.29, 0.717) is 6.54 Å². The van der Waals surface area contributed by atoms with Crippen molar-refractivity contribution in [1.29, 1.82) is 0 Å². The van der Waals surface area contributed by atoms with Gasteiger partial charge in [-0.1, -0.05) is 32.0 Å². The number of piperidine rings is 1. The average molecular weight is 432 g/mol. The maximum atomic E-state index is 6.11. The highest BCUT2D eigenvalue weighted by Crippen LogP contribution is 2.29. The number of H-pyrrole nitrogens is 1. The van der Waals surface area contributed by atoms with Gasteiger partial charge < -0.3 is 16.0 Å². The van der Waals surface area contributed by atoms with Crippen molar-refractivity contribution in [1.82, 2.24) is 29.9 Å². The maximum Gasteiger partial charge on any atom is 0.228 e. The smallest absolute Gasteiger partial charge is 0.228 e. The molecule has 0 amide bonds. The summed E-state index contributed by atoms with van der Waals surface area (Å²) >= 11 is 0. The van der Waals surface area contributed by atoms with E-state index in [2.05, 4.69) is 51.5 Å². The molecule has 0 spiro atoms. The van der Waals surface area contributed by atoms with Gasteiger partial charge in [0.1, 0.15) is 11.0 Å². The van der Waals surface area contributed by atoms with Crippen molar-refractivity contribution in [3.63, 3.8) is 0 Å². The molecule has 4 N–H and O–H groups in total. The normalized spacial score (nSPS) is 15.1. The quantitative estimate of drug-likeness (QED) is 0.429. The first-order valence-corrected chi connectivity index (χ1v) is 11.2. The molecule has 1 fully saturated rings. The highest BCUT2D eigenvalue weighted by Gasteiger charge is 2.22. The molecule has 1 aromatic carbocycles. The van der Waals surface area contributed by atoms with Crippen LogP contribution in [0.5, 0.6) is 0 Å². The Labute approximate surface area is 187 Å². The lowest BCUT2D eigenvalue weighted by Crippen LogP contribution is -2.40. The van der Waals surface area contributed by atoms with Gasteiger partial charge in [-0.2, -0.15) is 15.2 Å². The van der Waals surface area contributed by atoms with Crippen LogP contribution < -0.4 is 16.0 Å². The maximum absolute atomic E-state index is 6.11. The van der Waals surface area contributed by atoms with Crippen molar-refractivity contribution in [3.05, 3.63) is 54.0 Å². The van der Waals surface area contributed by atoms with Crippen LogP contribution in [0.4, 0.5) is 11.8 Å². The number of nitrogens with one attached hydrogen (secondary N) is 2. The Kier molecular flexibility index (Phi) is 5.48. The molecule has 4 aromatic rings. The molecule has 0 radical (unpaired) electrons. The van der Waals surface area contributed by atoms with E-state index in [0.717, 1.165) is 65.7 Å². The minimum Gasteiger partial charge on any atom is -0.364 e. The van der Waals surface area contributed by atoms with Gasteiger partial charge in [0.15, 0.2) is 5.82 Å². The first-order chi connectivity index (χ1) is 15.6. The molecule has 5 rings (SSSR count). The molecule has 3 aromatic heterocycles. The van der Waals surface area contributed by atoms with Crippen LogP contribution in [0, 0.1) is 0 Å². The van der Waals surface area contributed by atoms with Crippen molar-refractivity contribution in [2.24, 2.45) is 5.73 Å². The van der Waals surface area contributed by atoms with Crippen molar-refractivity contribution >= 4 is 22.8 Å². The molecule has 0 unspecified atom stereocenters. The Morgan fingerprint density at radius 1 is 1.16 bits per heavy atom. The number of anilines is 2. The number of nitrogens with zero attached hydrogens (tertiary/aromatic N) is 6. The van der Waals surface area contributed by atoms with Crippen LogP contribution >= 0.6 is 0 Å². The number of rotatable bonds is 6. The van der Waals surface area contributed by atoms with Crippen molar-refractivity contribution in [2.75, 3.05) is 23.3 Å². The molecule has 9 nitrogen and oxygen atoms in total. The van der Waals surface area contributed by atoms with E-state index in [1.807, 2.05) is 29.1 Å². The molecule has 0 aliphatic carbocycles. The summed E-state index contributed by atoms with van der Waals surface area (Å²) in [4.78, 5) is 12.0. The van der Waals surface area contributed by atoms with E-state index >= 15 is 0 Å². The Balaban J connectivity index is 1.50. The third kappa shape index (κ3) is 3.91. The van der Waals surface area contributed by atoms with Crippen LogP contribution in [0.15, 0.2) is 42.7 Å². The van der Waals surface area contributed by atoms with Gasteiger partial charge in [-0.25, -0.2) is 9.67 Å². The molecule has 9 heteroatoms. The van der Waals surface area contributed by atoms with Gasteiger partial charge >= 0.3 is 0 Å². The largest absolute Gasteiger partial charge is 0.364 e. The minimum absolute atomic E-state index is 0.256.